The fraction of sp³-hybridized carbons (Fsp3) is 0. The van der Waals surface area contributed by atoms with Crippen molar-refractivity contribution in [2.24, 2.45) is 0 Å². The molecule has 50 valence electrons. The maximum absolute atomic E-state index is 3.78. The largest absolute Gasteiger partial charge is 0.210 e. The van der Waals surface area contributed by atoms with Gasteiger partial charge in [-0.25, -0.2) is 0 Å². The minimum absolute atomic E-state index is 0.787. The van der Waals surface area contributed by atoms with Crippen LogP contribution in [0.15, 0.2) is 48.9 Å². The van der Waals surface area contributed by atoms with Gasteiger partial charge in [0.05, 0.1) is 11.1 Å². The second kappa shape index (κ2) is 1.81. The lowest BCUT2D eigenvalue weighted by Gasteiger charge is -1.85. The van der Waals surface area contributed by atoms with E-state index in [0.29, 0.717) is 0 Å². The second-order valence-corrected chi connectivity index (χ2v) is 2.28. The lowest BCUT2D eigenvalue weighted by atomic mass is 10.1. The van der Waals surface area contributed by atoms with E-state index < -0.39 is 0 Å². The maximum Gasteiger partial charge on any atom is 0.210 e. The highest BCUT2D eigenvalue weighted by molar-refractivity contribution is 5.53. The average molecular weight is 132 g/mol. The van der Waals surface area contributed by atoms with Crippen LogP contribution in [0, 0.1) is 0 Å². The van der Waals surface area contributed by atoms with Gasteiger partial charge in [0.25, 0.3) is 0 Å². The van der Waals surface area contributed by atoms with Crippen molar-refractivity contribution in [1.29, 1.82) is 0 Å². The van der Waals surface area contributed by atoms with Crippen LogP contribution in [0.1, 0.15) is 0 Å². The molecule has 0 N–H and O–H groups in total. The standard InChI is InChI=1S/C9H10N/c1-6-7(2)9(4)10(5)8(6)3/h1-5H2/q+1. The molecule has 0 amide bonds. The molecule has 1 fully saturated rings. The summed E-state index contributed by atoms with van der Waals surface area (Å²) >= 11 is 0. The van der Waals surface area contributed by atoms with E-state index in [1.54, 1.807) is 4.58 Å². The second-order valence-electron chi connectivity index (χ2n) is 2.28. The molecular weight excluding hydrogens is 122 g/mol. The lowest BCUT2D eigenvalue weighted by Crippen LogP contribution is -1.95. The third-order valence-corrected chi connectivity index (χ3v) is 1.71. The minimum atomic E-state index is 0.787. The fourth-order valence-electron chi connectivity index (χ4n) is 0.837. The highest BCUT2D eigenvalue weighted by Crippen LogP contribution is 2.31. The van der Waals surface area contributed by atoms with E-state index in [1.807, 2.05) is 0 Å². The van der Waals surface area contributed by atoms with Gasteiger partial charge in [-0.2, -0.15) is 4.58 Å². The van der Waals surface area contributed by atoms with E-state index >= 15 is 0 Å². The zero-order chi connectivity index (χ0) is 7.89. The monoisotopic (exact) mass is 132 g/mol. The highest BCUT2D eigenvalue weighted by atomic mass is 15.0. The Balaban J connectivity index is 3.25. The molecule has 0 saturated carbocycles. The van der Waals surface area contributed by atoms with Gasteiger partial charge < -0.3 is 0 Å². The van der Waals surface area contributed by atoms with E-state index in [-0.39, 0.29) is 0 Å². The molecule has 1 heteroatoms. The average Bonchev–Trinajstić information content (AvgIpc) is 2.07. The van der Waals surface area contributed by atoms with Crippen LogP contribution in [0.25, 0.3) is 0 Å². The summed E-state index contributed by atoms with van der Waals surface area (Å²) in [6.45, 7) is 18.8. The van der Waals surface area contributed by atoms with Crippen molar-refractivity contribution >= 4 is 6.72 Å². The molecule has 1 aliphatic heterocycles. The molecule has 1 saturated heterocycles. The molecule has 0 aromatic rings. The molecule has 1 aliphatic rings. The summed E-state index contributed by atoms with van der Waals surface area (Å²) in [5.41, 5.74) is 3.24. The van der Waals surface area contributed by atoms with Crippen LogP contribution in [0.4, 0.5) is 0 Å². The van der Waals surface area contributed by atoms with Crippen molar-refractivity contribution in [2.45, 2.75) is 0 Å². The van der Waals surface area contributed by atoms with Crippen LogP contribution >= 0.6 is 0 Å². The summed E-state index contributed by atoms with van der Waals surface area (Å²) in [5.74, 6) is 0. The van der Waals surface area contributed by atoms with Crippen LogP contribution < -0.4 is 0 Å². The Morgan fingerprint density at radius 2 is 1.10 bits per heavy atom. The Bertz CT molecular complexity index is 189. The number of rotatable bonds is 0. The summed E-state index contributed by atoms with van der Waals surface area (Å²) in [7, 11) is 0. The summed E-state index contributed by atoms with van der Waals surface area (Å²) in [5, 5.41) is 0. The quantitative estimate of drug-likeness (QED) is 0.442. The predicted molar refractivity (Wildman–Crippen MR) is 43.9 cm³/mol. The van der Waals surface area contributed by atoms with Crippen LogP contribution in [-0.2, 0) is 0 Å². The van der Waals surface area contributed by atoms with Crippen LogP contribution in [0.2, 0.25) is 0 Å². The number of nitrogens with zero attached hydrogens (tertiary/aromatic N) is 1. The van der Waals surface area contributed by atoms with Crippen molar-refractivity contribution in [3.63, 3.8) is 0 Å². The topological polar surface area (TPSA) is 3.01 Å². The summed E-state index contributed by atoms with van der Waals surface area (Å²) in [6.07, 6.45) is 0. The molecule has 0 bridgehead atoms. The molecule has 1 heterocycles. The first-order valence-corrected chi connectivity index (χ1v) is 2.93. The number of allylic oxidation sites excluding steroid dienone is 2. The SMILES string of the molecule is C=C1C(=C)C(=C)[N+](=C)C1=C. The molecule has 0 aliphatic carbocycles. The first-order chi connectivity index (χ1) is 4.55. The Hall–Kier alpha value is -1.37. The van der Waals surface area contributed by atoms with Gasteiger partial charge in [-0.05, 0) is 13.2 Å². The normalized spacial score (nSPS) is 19.0. The van der Waals surface area contributed by atoms with Crippen LogP contribution in [0.5, 0.6) is 0 Å². The summed E-state index contributed by atoms with van der Waals surface area (Å²) in [4.78, 5) is 0. The van der Waals surface area contributed by atoms with Crippen LogP contribution in [-0.4, -0.2) is 11.3 Å². The number of hydrogen-bond acceptors (Lipinski definition) is 0. The fourth-order valence-corrected chi connectivity index (χ4v) is 0.837. The smallest absolute Gasteiger partial charge is 0.168 e. The predicted octanol–water partition coefficient (Wildman–Crippen LogP) is 1.85. The van der Waals surface area contributed by atoms with Gasteiger partial charge in [-0.3, -0.25) is 0 Å². The van der Waals surface area contributed by atoms with Crippen molar-refractivity contribution in [1.82, 2.24) is 0 Å². The molecule has 10 heavy (non-hydrogen) atoms. The van der Waals surface area contributed by atoms with Gasteiger partial charge in [0.2, 0.25) is 11.4 Å². The van der Waals surface area contributed by atoms with Gasteiger partial charge in [0, 0.05) is 0 Å². The molecule has 0 unspecified atom stereocenters. The first-order valence-electron chi connectivity index (χ1n) is 2.93. The maximum atomic E-state index is 3.78. The van der Waals surface area contributed by atoms with Gasteiger partial charge in [0.15, 0.2) is 0 Å². The van der Waals surface area contributed by atoms with Gasteiger partial charge in [-0.1, -0.05) is 13.2 Å². The molecule has 0 atom stereocenters. The summed E-state index contributed by atoms with van der Waals surface area (Å²) < 4.78 is 1.64. The minimum Gasteiger partial charge on any atom is -0.168 e. The zero-order valence-corrected chi connectivity index (χ0v) is 5.98. The van der Waals surface area contributed by atoms with E-state index in [2.05, 4.69) is 33.0 Å². The Morgan fingerprint density at radius 1 is 0.800 bits per heavy atom. The van der Waals surface area contributed by atoms with E-state index in [0.717, 1.165) is 22.5 Å². The van der Waals surface area contributed by atoms with Crippen molar-refractivity contribution in [2.75, 3.05) is 0 Å². The lowest BCUT2D eigenvalue weighted by molar-refractivity contribution is -0.392. The van der Waals surface area contributed by atoms with Gasteiger partial charge >= 0.3 is 0 Å². The first kappa shape index (κ1) is 6.75. The Labute approximate surface area is 61.0 Å². The summed E-state index contributed by atoms with van der Waals surface area (Å²) in [6, 6.07) is 0. The van der Waals surface area contributed by atoms with Crippen molar-refractivity contribution < 1.29 is 4.58 Å². The highest BCUT2D eigenvalue weighted by Gasteiger charge is 2.30. The van der Waals surface area contributed by atoms with Crippen molar-refractivity contribution in [3.05, 3.63) is 48.9 Å². The Kier molecular flexibility index (Phi) is 1.22. The van der Waals surface area contributed by atoms with E-state index in [4.69, 9.17) is 0 Å². The van der Waals surface area contributed by atoms with Gasteiger partial charge in [-0.15, -0.1) is 0 Å². The molecule has 0 spiro atoms. The van der Waals surface area contributed by atoms with E-state index in [9.17, 15) is 0 Å². The zero-order valence-electron chi connectivity index (χ0n) is 5.98. The van der Waals surface area contributed by atoms with Crippen LogP contribution in [0.3, 0.4) is 0 Å². The third-order valence-electron chi connectivity index (χ3n) is 1.71. The van der Waals surface area contributed by atoms with E-state index in [1.165, 1.54) is 0 Å². The van der Waals surface area contributed by atoms with Crippen molar-refractivity contribution in [3.8, 4) is 0 Å². The number of hydrogen-bond donors (Lipinski definition) is 0. The molecular formula is C9H10N+. The molecule has 1 nitrogen and oxygen atoms in total. The molecule has 0 aromatic carbocycles. The third kappa shape index (κ3) is 0.605. The molecule has 0 radical (unpaired) electrons. The Morgan fingerprint density at radius 3 is 1.20 bits per heavy atom. The molecule has 0 aromatic heterocycles. The molecule has 1 rings (SSSR count). The van der Waals surface area contributed by atoms with Gasteiger partial charge in [0.1, 0.15) is 6.72 Å².